The van der Waals surface area contributed by atoms with Crippen molar-refractivity contribution in [1.82, 2.24) is 9.97 Å². The molecule has 2 heterocycles. The van der Waals surface area contributed by atoms with Gasteiger partial charge in [0.1, 0.15) is 12.1 Å². The zero-order chi connectivity index (χ0) is 14.3. The Morgan fingerprint density at radius 2 is 1.79 bits per heavy atom. The minimum Gasteiger partial charge on any atom is -0.398 e. The molecule has 7 heteroatoms. The van der Waals surface area contributed by atoms with Crippen LogP contribution in [0, 0.1) is 0 Å². The van der Waals surface area contributed by atoms with Crippen LogP contribution in [-0.4, -0.2) is 34.2 Å². The van der Waals surface area contributed by atoms with Gasteiger partial charge in [-0.1, -0.05) is 0 Å². The highest BCUT2D eigenvalue weighted by molar-refractivity contribution is 6.61. The van der Waals surface area contributed by atoms with Gasteiger partial charge < -0.3 is 14.6 Å². The molecule has 1 saturated heterocycles. The molecule has 1 amide bonds. The number of carbonyl (C=O) groups is 1. The van der Waals surface area contributed by atoms with Gasteiger partial charge in [-0.2, -0.15) is 0 Å². The minimum absolute atomic E-state index is 0.182. The third kappa shape index (κ3) is 2.77. The molecule has 19 heavy (non-hydrogen) atoms. The van der Waals surface area contributed by atoms with E-state index in [1.165, 1.54) is 13.3 Å². The Hall–Kier alpha value is -1.47. The van der Waals surface area contributed by atoms with E-state index in [2.05, 4.69) is 15.3 Å². The summed E-state index contributed by atoms with van der Waals surface area (Å²) in [6, 6.07) is 1.66. The van der Waals surface area contributed by atoms with Crippen molar-refractivity contribution in [3.63, 3.8) is 0 Å². The van der Waals surface area contributed by atoms with E-state index in [0.717, 1.165) is 0 Å². The Labute approximate surface area is 113 Å². The third-order valence-corrected chi connectivity index (χ3v) is 3.49. The topological polar surface area (TPSA) is 73.3 Å². The zero-order valence-corrected chi connectivity index (χ0v) is 11.9. The number of hydrogen-bond donors (Lipinski definition) is 1. The summed E-state index contributed by atoms with van der Waals surface area (Å²) < 4.78 is 11.8. The first-order valence-corrected chi connectivity index (χ1v) is 6.16. The first-order valence-electron chi connectivity index (χ1n) is 6.16. The molecular weight excluding hydrogens is 245 g/mol. The lowest BCUT2D eigenvalue weighted by atomic mass is 9.84. The summed E-state index contributed by atoms with van der Waals surface area (Å²) in [4.78, 5) is 19.1. The van der Waals surface area contributed by atoms with Gasteiger partial charge in [-0.15, -0.1) is 0 Å². The molecule has 0 unspecified atom stereocenters. The molecule has 1 aliphatic heterocycles. The molecule has 1 aliphatic rings. The van der Waals surface area contributed by atoms with Gasteiger partial charge in [-0.25, -0.2) is 9.97 Å². The number of nitrogens with one attached hydrogen (secondary N) is 1. The molecule has 1 N–H and O–H groups in total. The van der Waals surface area contributed by atoms with Crippen LogP contribution in [0.1, 0.15) is 34.6 Å². The SMILES string of the molecule is CC(=O)Nc1cc(B2OC(C)(C)C(C)(C)O2)ncn1. The molecule has 0 bridgehead atoms. The summed E-state index contributed by atoms with van der Waals surface area (Å²) in [5.74, 6) is 0.255. The van der Waals surface area contributed by atoms with Crippen molar-refractivity contribution in [2.24, 2.45) is 0 Å². The van der Waals surface area contributed by atoms with Gasteiger partial charge in [-0.05, 0) is 33.8 Å². The summed E-state index contributed by atoms with van der Waals surface area (Å²) in [6.07, 6.45) is 1.38. The fraction of sp³-hybridized carbons (Fsp3) is 0.583. The lowest BCUT2D eigenvalue weighted by molar-refractivity contribution is -0.114. The smallest absolute Gasteiger partial charge is 0.398 e. The number of aromatic nitrogens is 2. The van der Waals surface area contributed by atoms with Crippen LogP contribution in [-0.2, 0) is 14.1 Å². The van der Waals surface area contributed by atoms with E-state index in [-0.39, 0.29) is 5.91 Å². The average molecular weight is 263 g/mol. The van der Waals surface area contributed by atoms with Gasteiger partial charge in [0.05, 0.1) is 16.8 Å². The average Bonchev–Trinajstić information content (AvgIpc) is 2.47. The molecule has 0 atom stereocenters. The van der Waals surface area contributed by atoms with Crippen molar-refractivity contribution in [1.29, 1.82) is 0 Å². The Bertz CT molecular complexity index is 489. The number of carbonyl (C=O) groups excluding carboxylic acids is 1. The van der Waals surface area contributed by atoms with Crippen molar-refractivity contribution < 1.29 is 14.1 Å². The normalized spacial score (nSPS) is 20.4. The van der Waals surface area contributed by atoms with E-state index in [1.54, 1.807) is 6.07 Å². The predicted molar refractivity (Wildman–Crippen MR) is 72.1 cm³/mol. The van der Waals surface area contributed by atoms with E-state index in [0.29, 0.717) is 11.4 Å². The van der Waals surface area contributed by atoms with E-state index in [4.69, 9.17) is 9.31 Å². The van der Waals surface area contributed by atoms with E-state index >= 15 is 0 Å². The highest BCUT2D eigenvalue weighted by Gasteiger charge is 2.52. The largest absolute Gasteiger partial charge is 0.514 e. The second-order valence-corrected chi connectivity index (χ2v) is 5.60. The van der Waals surface area contributed by atoms with Crippen molar-refractivity contribution in [3.05, 3.63) is 12.4 Å². The molecule has 1 fully saturated rings. The van der Waals surface area contributed by atoms with Crippen molar-refractivity contribution in [2.45, 2.75) is 45.8 Å². The molecule has 0 aliphatic carbocycles. The number of nitrogens with zero attached hydrogens (tertiary/aromatic N) is 2. The Morgan fingerprint density at radius 3 is 2.32 bits per heavy atom. The molecule has 0 aromatic carbocycles. The van der Waals surface area contributed by atoms with Gasteiger partial charge in [0, 0.05) is 6.92 Å². The van der Waals surface area contributed by atoms with Gasteiger partial charge in [-0.3, -0.25) is 4.79 Å². The molecule has 1 aromatic heterocycles. The van der Waals surface area contributed by atoms with Crippen LogP contribution in [0.5, 0.6) is 0 Å². The zero-order valence-electron chi connectivity index (χ0n) is 11.9. The number of rotatable bonds is 2. The molecule has 2 rings (SSSR count). The second kappa shape index (κ2) is 4.57. The van der Waals surface area contributed by atoms with Gasteiger partial charge in [0.2, 0.25) is 5.91 Å². The summed E-state index contributed by atoms with van der Waals surface area (Å²) in [5, 5.41) is 2.61. The number of amides is 1. The Morgan fingerprint density at radius 1 is 1.21 bits per heavy atom. The van der Waals surface area contributed by atoms with Crippen LogP contribution in [0.2, 0.25) is 0 Å². The van der Waals surface area contributed by atoms with Crippen LogP contribution in [0.4, 0.5) is 5.82 Å². The van der Waals surface area contributed by atoms with E-state index in [9.17, 15) is 4.79 Å². The molecule has 1 aromatic rings. The molecule has 6 nitrogen and oxygen atoms in total. The van der Waals surface area contributed by atoms with Crippen LogP contribution in [0.15, 0.2) is 12.4 Å². The summed E-state index contributed by atoms with van der Waals surface area (Å²) in [6.45, 7) is 9.33. The maximum Gasteiger partial charge on any atom is 0.514 e. The maximum atomic E-state index is 11.0. The van der Waals surface area contributed by atoms with Gasteiger partial charge in [0.25, 0.3) is 0 Å². The molecule has 0 radical (unpaired) electrons. The standard InChI is InChI=1S/C12H18BN3O3/c1-8(17)16-10-6-9(14-7-15-10)13-18-11(2,3)12(4,5)19-13/h6-7H,1-5H3,(H,14,15,16,17). The highest BCUT2D eigenvalue weighted by Crippen LogP contribution is 2.36. The fourth-order valence-electron chi connectivity index (χ4n) is 1.71. The monoisotopic (exact) mass is 263 g/mol. The maximum absolute atomic E-state index is 11.0. The van der Waals surface area contributed by atoms with E-state index in [1.807, 2.05) is 27.7 Å². The van der Waals surface area contributed by atoms with Crippen LogP contribution in [0.25, 0.3) is 0 Å². The number of anilines is 1. The highest BCUT2D eigenvalue weighted by atomic mass is 16.7. The van der Waals surface area contributed by atoms with Crippen molar-refractivity contribution in [2.75, 3.05) is 5.32 Å². The summed E-state index contributed by atoms with van der Waals surface area (Å²) in [7, 11) is -0.555. The first-order chi connectivity index (χ1) is 8.71. The first kappa shape index (κ1) is 14.0. The molecular formula is C12H18BN3O3. The lowest BCUT2D eigenvalue weighted by Crippen LogP contribution is -2.41. The third-order valence-electron chi connectivity index (χ3n) is 3.49. The lowest BCUT2D eigenvalue weighted by Gasteiger charge is -2.32. The second-order valence-electron chi connectivity index (χ2n) is 5.60. The molecule has 0 saturated carbocycles. The summed E-state index contributed by atoms with van der Waals surface area (Å²) in [5.41, 5.74) is -0.245. The minimum atomic E-state index is -0.555. The Balaban J connectivity index is 2.22. The quantitative estimate of drug-likeness (QED) is 0.796. The molecule has 0 spiro atoms. The van der Waals surface area contributed by atoms with Crippen LogP contribution in [0.3, 0.4) is 0 Å². The van der Waals surface area contributed by atoms with Gasteiger partial charge >= 0.3 is 7.12 Å². The van der Waals surface area contributed by atoms with Crippen LogP contribution >= 0.6 is 0 Å². The van der Waals surface area contributed by atoms with E-state index < -0.39 is 18.3 Å². The van der Waals surface area contributed by atoms with Crippen molar-refractivity contribution in [3.8, 4) is 0 Å². The Kier molecular flexibility index (Phi) is 3.36. The van der Waals surface area contributed by atoms with Crippen molar-refractivity contribution >= 4 is 24.4 Å². The van der Waals surface area contributed by atoms with Crippen LogP contribution < -0.4 is 10.9 Å². The van der Waals surface area contributed by atoms with Gasteiger partial charge in [0.15, 0.2) is 0 Å². The fourth-order valence-corrected chi connectivity index (χ4v) is 1.71. The molecule has 102 valence electrons. The predicted octanol–water partition coefficient (Wildman–Crippen LogP) is 0.734. The summed E-state index contributed by atoms with van der Waals surface area (Å²) >= 11 is 0. The number of hydrogen-bond acceptors (Lipinski definition) is 5.